The average molecular weight is 236 g/mol. The Labute approximate surface area is 106 Å². The van der Waals surface area contributed by atoms with Gasteiger partial charge in [-0.2, -0.15) is 0 Å². The van der Waals surface area contributed by atoms with E-state index >= 15 is 0 Å². The Morgan fingerprint density at radius 1 is 0.706 bits per heavy atom. The molecule has 1 N–H and O–H groups in total. The third-order valence-corrected chi connectivity index (χ3v) is 4.86. The first-order valence-electron chi connectivity index (χ1n) is 7.92. The molecule has 3 rings (SSSR count). The molecule has 1 unspecified atom stereocenters. The van der Waals surface area contributed by atoms with Gasteiger partial charge in [0.1, 0.15) is 0 Å². The summed E-state index contributed by atoms with van der Waals surface area (Å²) in [5, 5.41) is 3.96. The molecule has 1 saturated heterocycles. The molecule has 0 aromatic heterocycles. The van der Waals surface area contributed by atoms with Crippen LogP contribution in [0.5, 0.6) is 0 Å². The van der Waals surface area contributed by atoms with Gasteiger partial charge in [0.15, 0.2) is 0 Å². The molecule has 2 nitrogen and oxygen atoms in total. The summed E-state index contributed by atoms with van der Waals surface area (Å²) in [5.74, 6) is 0. The Morgan fingerprint density at radius 2 is 1.41 bits per heavy atom. The largest absolute Gasteiger partial charge is 0.310 e. The topological polar surface area (TPSA) is 15.3 Å². The number of nitrogens with zero attached hydrogens (tertiary/aromatic N) is 1. The van der Waals surface area contributed by atoms with Crippen LogP contribution in [0.2, 0.25) is 0 Å². The molecule has 0 spiro atoms. The van der Waals surface area contributed by atoms with Gasteiger partial charge in [0.05, 0.1) is 0 Å². The highest BCUT2D eigenvalue weighted by molar-refractivity contribution is 4.92. The summed E-state index contributed by atoms with van der Waals surface area (Å²) >= 11 is 0. The van der Waals surface area contributed by atoms with E-state index < -0.39 is 0 Å². The molecule has 3 fully saturated rings. The van der Waals surface area contributed by atoms with Crippen LogP contribution in [0.4, 0.5) is 0 Å². The molecule has 1 atom stereocenters. The van der Waals surface area contributed by atoms with Gasteiger partial charge in [-0.25, -0.2) is 0 Å². The molecule has 1 heterocycles. The molecule has 0 radical (unpaired) electrons. The molecular weight excluding hydrogens is 208 g/mol. The molecule has 0 bridgehead atoms. The summed E-state index contributed by atoms with van der Waals surface area (Å²) in [5.41, 5.74) is 0. The third-order valence-electron chi connectivity index (χ3n) is 4.86. The van der Waals surface area contributed by atoms with E-state index in [4.69, 9.17) is 0 Å². The van der Waals surface area contributed by atoms with E-state index in [2.05, 4.69) is 10.2 Å². The van der Waals surface area contributed by atoms with E-state index in [1.807, 2.05) is 0 Å². The minimum atomic E-state index is 0.806. The summed E-state index contributed by atoms with van der Waals surface area (Å²) in [6.45, 7) is 2.69. The van der Waals surface area contributed by atoms with Crippen molar-refractivity contribution in [1.82, 2.24) is 10.2 Å². The Morgan fingerprint density at radius 3 is 2.12 bits per heavy atom. The van der Waals surface area contributed by atoms with Crippen LogP contribution in [0.25, 0.3) is 0 Å². The normalized spacial score (nSPS) is 33.5. The molecule has 2 aliphatic carbocycles. The third kappa shape index (κ3) is 3.45. The van der Waals surface area contributed by atoms with Crippen molar-refractivity contribution < 1.29 is 0 Å². The summed E-state index contributed by atoms with van der Waals surface area (Å²) in [6.07, 6.45) is 14.5. The second-order valence-electron chi connectivity index (χ2n) is 6.42. The quantitative estimate of drug-likeness (QED) is 0.810. The van der Waals surface area contributed by atoms with E-state index in [9.17, 15) is 0 Å². The summed E-state index contributed by atoms with van der Waals surface area (Å²) in [4.78, 5) is 2.72. The highest BCUT2D eigenvalue weighted by Gasteiger charge is 2.34. The van der Waals surface area contributed by atoms with E-state index in [0.29, 0.717) is 0 Å². The number of rotatable bonds is 3. The second kappa shape index (κ2) is 5.71. The van der Waals surface area contributed by atoms with Crippen LogP contribution in [-0.4, -0.2) is 36.1 Å². The number of hydrogen-bond donors (Lipinski definition) is 1. The van der Waals surface area contributed by atoms with Crippen molar-refractivity contribution in [1.29, 1.82) is 0 Å². The lowest BCUT2D eigenvalue weighted by Gasteiger charge is -2.25. The molecule has 0 amide bonds. The maximum absolute atomic E-state index is 3.96. The van der Waals surface area contributed by atoms with Gasteiger partial charge in [-0.1, -0.05) is 32.1 Å². The number of hydrogen-bond acceptors (Lipinski definition) is 2. The van der Waals surface area contributed by atoms with Gasteiger partial charge in [-0.05, 0) is 32.1 Å². The van der Waals surface area contributed by atoms with Crippen molar-refractivity contribution in [3.05, 3.63) is 0 Å². The maximum atomic E-state index is 3.96. The fourth-order valence-electron chi connectivity index (χ4n) is 3.65. The Balaban J connectivity index is 1.42. The molecule has 1 aliphatic heterocycles. The van der Waals surface area contributed by atoms with Crippen LogP contribution >= 0.6 is 0 Å². The van der Waals surface area contributed by atoms with Crippen molar-refractivity contribution in [2.24, 2.45) is 0 Å². The first-order chi connectivity index (χ1) is 8.42. The summed E-state index contributed by atoms with van der Waals surface area (Å²) in [7, 11) is 0. The van der Waals surface area contributed by atoms with Crippen molar-refractivity contribution in [2.45, 2.75) is 82.3 Å². The number of nitrogens with one attached hydrogen (secondary N) is 1. The van der Waals surface area contributed by atoms with E-state index in [1.54, 1.807) is 0 Å². The van der Waals surface area contributed by atoms with Gasteiger partial charge in [0.2, 0.25) is 0 Å². The zero-order chi connectivity index (χ0) is 11.5. The van der Waals surface area contributed by atoms with Gasteiger partial charge in [-0.3, -0.25) is 4.90 Å². The van der Waals surface area contributed by atoms with Gasteiger partial charge in [-0.15, -0.1) is 0 Å². The van der Waals surface area contributed by atoms with Crippen LogP contribution in [0.3, 0.4) is 0 Å². The summed E-state index contributed by atoms with van der Waals surface area (Å²) in [6, 6.07) is 2.61. The van der Waals surface area contributed by atoms with Gasteiger partial charge in [0, 0.05) is 31.2 Å². The van der Waals surface area contributed by atoms with E-state index in [0.717, 1.165) is 18.1 Å². The van der Waals surface area contributed by atoms with Crippen LogP contribution in [-0.2, 0) is 0 Å². The lowest BCUT2D eigenvalue weighted by molar-refractivity contribution is 0.302. The molecule has 98 valence electrons. The SMILES string of the molecule is C1CCCC(NC2CCN(C3CC3)C2)CCC1. The van der Waals surface area contributed by atoms with E-state index in [1.165, 1.54) is 77.3 Å². The summed E-state index contributed by atoms with van der Waals surface area (Å²) < 4.78 is 0. The van der Waals surface area contributed by atoms with E-state index in [-0.39, 0.29) is 0 Å². The number of likely N-dealkylation sites (tertiary alicyclic amines) is 1. The van der Waals surface area contributed by atoms with Crippen LogP contribution in [0, 0.1) is 0 Å². The minimum absolute atomic E-state index is 0.806. The monoisotopic (exact) mass is 236 g/mol. The standard InChI is InChI=1S/C15H28N2/c1-2-4-6-13(7-5-3-1)16-14-10-11-17(12-14)15-8-9-15/h13-16H,1-12H2. The molecule has 0 aromatic rings. The fraction of sp³-hybridized carbons (Fsp3) is 1.00. The maximum Gasteiger partial charge on any atom is 0.0209 e. The van der Waals surface area contributed by atoms with Gasteiger partial charge >= 0.3 is 0 Å². The molecule has 17 heavy (non-hydrogen) atoms. The zero-order valence-corrected chi connectivity index (χ0v) is 11.2. The van der Waals surface area contributed by atoms with Crippen molar-refractivity contribution >= 4 is 0 Å². The average Bonchev–Trinajstić information content (AvgIpc) is 3.04. The lowest BCUT2D eigenvalue weighted by atomic mass is 9.96. The highest BCUT2D eigenvalue weighted by Crippen LogP contribution is 2.30. The smallest absolute Gasteiger partial charge is 0.0209 e. The molecule has 0 aromatic carbocycles. The lowest BCUT2D eigenvalue weighted by Crippen LogP contribution is -2.40. The van der Waals surface area contributed by atoms with Crippen molar-refractivity contribution in [3.63, 3.8) is 0 Å². The highest BCUT2D eigenvalue weighted by atomic mass is 15.2. The molecule has 2 saturated carbocycles. The van der Waals surface area contributed by atoms with Crippen LogP contribution in [0.15, 0.2) is 0 Å². The Kier molecular flexibility index (Phi) is 4.02. The Hall–Kier alpha value is -0.0800. The first-order valence-corrected chi connectivity index (χ1v) is 7.92. The predicted molar refractivity (Wildman–Crippen MR) is 72.2 cm³/mol. The molecular formula is C15H28N2. The molecule has 3 aliphatic rings. The Bertz CT molecular complexity index is 229. The van der Waals surface area contributed by atoms with Crippen LogP contribution < -0.4 is 5.32 Å². The zero-order valence-electron chi connectivity index (χ0n) is 11.2. The second-order valence-corrected chi connectivity index (χ2v) is 6.42. The van der Waals surface area contributed by atoms with Crippen LogP contribution in [0.1, 0.15) is 64.2 Å². The molecule has 2 heteroatoms. The van der Waals surface area contributed by atoms with Crippen molar-refractivity contribution in [2.75, 3.05) is 13.1 Å². The van der Waals surface area contributed by atoms with Crippen molar-refractivity contribution in [3.8, 4) is 0 Å². The van der Waals surface area contributed by atoms with Gasteiger partial charge in [0.25, 0.3) is 0 Å². The predicted octanol–water partition coefficient (Wildman–Crippen LogP) is 2.93. The first kappa shape index (κ1) is 12.0. The fourth-order valence-corrected chi connectivity index (χ4v) is 3.65. The van der Waals surface area contributed by atoms with Gasteiger partial charge < -0.3 is 5.32 Å². The minimum Gasteiger partial charge on any atom is -0.310 e.